The summed E-state index contributed by atoms with van der Waals surface area (Å²) in [5.41, 5.74) is 4.29. The van der Waals surface area contributed by atoms with Crippen LogP contribution in [0.2, 0.25) is 0 Å². The van der Waals surface area contributed by atoms with Gasteiger partial charge in [0.25, 0.3) is 5.56 Å². The van der Waals surface area contributed by atoms with Crippen LogP contribution in [-0.2, 0) is 20.9 Å². The van der Waals surface area contributed by atoms with E-state index < -0.39 is 12.1 Å². The largest absolute Gasteiger partial charge is 0.475 e. The Morgan fingerprint density at radius 1 is 1.17 bits per heavy atom. The first-order valence-electron chi connectivity index (χ1n) is 11.1. The second-order valence-corrected chi connectivity index (χ2v) is 9.27. The number of carbonyl (C=O) groups is 2. The zero-order valence-corrected chi connectivity index (χ0v) is 20.3. The lowest BCUT2D eigenvalue weighted by atomic mass is 10.0. The molecule has 1 aliphatic rings. The second-order valence-electron chi connectivity index (χ2n) is 8.41. The van der Waals surface area contributed by atoms with Gasteiger partial charge in [0, 0.05) is 10.9 Å². The highest BCUT2D eigenvalue weighted by molar-refractivity contribution is 7.17. The highest BCUT2D eigenvalue weighted by Crippen LogP contribution is 2.34. The van der Waals surface area contributed by atoms with Crippen LogP contribution in [0.5, 0.6) is 5.75 Å². The average molecular weight is 490 g/mol. The fraction of sp³-hybridized carbons (Fsp3) is 0.231. The Morgan fingerprint density at radius 3 is 2.74 bits per heavy atom. The standard InChI is InChI=1S/C26H23N3O5S/c1-15-8-9-17(10-16(15)2)18-13-35-24-23(18)25(31)28(14-27-24)12-22(30)29-11-21(26(32)33-3)34-20-7-5-4-6-19(20)29/h4-10,13-14,21H,11-12H2,1-3H3. The van der Waals surface area contributed by atoms with Crippen LogP contribution in [0.4, 0.5) is 5.69 Å². The molecule has 9 heteroatoms. The summed E-state index contributed by atoms with van der Waals surface area (Å²) in [5, 5.41) is 2.41. The summed E-state index contributed by atoms with van der Waals surface area (Å²) in [6, 6.07) is 13.0. The van der Waals surface area contributed by atoms with E-state index >= 15 is 0 Å². The molecule has 0 saturated heterocycles. The summed E-state index contributed by atoms with van der Waals surface area (Å²) in [6.45, 7) is 3.83. The Morgan fingerprint density at radius 2 is 1.97 bits per heavy atom. The van der Waals surface area contributed by atoms with Crippen molar-refractivity contribution in [3.8, 4) is 16.9 Å². The molecule has 2 aromatic carbocycles. The van der Waals surface area contributed by atoms with E-state index in [1.165, 1.54) is 39.8 Å². The molecule has 3 heterocycles. The molecule has 2 aromatic heterocycles. The molecule has 0 bridgehead atoms. The molecule has 35 heavy (non-hydrogen) atoms. The molecule has 1 unspecified atom stereocenters. The molecule has 0 aliphatic carbocycles. The summed E-state index contributed by atoms with van der Waals surface area (Å²) in [5.74, 6) is -0.534. The zero-order valence-electron chi connectivity index (χ0n) is 19.5. The van der Waals surface area contributed by atoms with Gasteiger partial charge in [-0.2, -0.15) is 0 Å². The van der Waals surface area contributed by atoms with Crippen molar-refractivity contribution in [3.05, 3.63) is 75.7 Å². The van der Waals surface area contributed by atoms with E-state index in [1.54, 1.807) is 24.3 Å². The summed E-state index contributed by atoms with van der Waals surface area (Å²) in [7, 11) is 1.27. The number of nitrogens with zero attached hydrogens (tertiary/aromatic N) is 3. The minimum Gasteiger partial charge on any atom is -0.475 e. The lowest BCUT2D eigenvalue weighted by Gasteiger charge is -2.33. The number of amides is 1. The molecule has 178 valence electrons. The number of para-hydroxylation sites is 2. The Balaban J connectivity index is 1.50. The first-order chi connectivity index (χ1) is 16.9. The highest BCUT2D eigenvalue weighted by Gasteiger charge is 2.34. The van der Waals surface area contributed by atoms with E-state index in [-0.39, 0.29) is 24.6 Å². The number of anilines is 1. The number of methoxy groups -OCH3 is 1. The van der Waals surface area contributed by atoms with E-state index in [2.05, 4.69) is 11.1 Å². The van der Waals surface area contributed by atoms with Gasteiger partial charge in [0.1, 0.15) is 17.1 Å². The summed E-state index contributed by atoms with van der Waals surface area (Å²) >= 11 is 1.40. The average Bonchev–Trinajstić information content (AvgIpc) is 3.31. The maximum absolute atomic E-state index is 13.5. The minimum absolute atomic E-state index is 0.0146. The lowest BCUT2D eigenvalue weighted by molar-refractivity contribution is -0.148. The number of carbonyl (C=O) groups excluding carboxylic acids is 2. The fourth-order valence-electron chi connectivity index (χ4n) is 4.16. The highest BCUT2D eigenvalue weighted by atomic mass is 32.1. The van der Waals surface area contributed by atoms with Crippen molar-refractivity contribution in [2.75, 3.05) is 18.6 Å². The Kier molecular flexibility index (Phi) is 5.86. The van der Waals surface area contributed by atoms with Crippen LogP contribution < -0.4 is 15.2 Å². The molecule has 0 radical (unpaired) electrons. The number of aryl methyl sites for hydroxylation is 2. The predicted octanol–water partition coefficient (Wildman–Crippen LogP) is 3.71. The van der Waals surface area contributed by atoms with Gasteiger partial charge in [0.2, 0.25) is 12.0 Å². The number of hydrogen-bond acceptors (Lipinski definition) is 7. The number of hydrogen-bond donors (Lipinski definition) is 0. The molecule has 0 N–H and O–H groups in total. The Bertz CT molecular complexity index is 1520. The normalized spacial score (nSPS) is 14.9. The van der Waals surface area contributed by atoms with Gasteiger partial charge in [-0.25, -0.2) is 9.78 Å². The van der Waals surface area contributed by atoms with Gasteiger partial charge in [0.15, 0.2) is 0 Å². The third-order valence-electron chi connectivity index (χ3n) is 6.22. The van der Waals surface area contributed by atoms with Crippen LogP contribution in [0.25, 0.3) is 21.3 Å². The fourth-order valence-corrected chi connectivity index (χ4v) is 5.06. The Hall–Kier alpha value is -3.98. The van der Waals surface area contributed by atoms with Crippen molar-refractivity contribution >= 4 is 39.1 Å². The Labute approximate surface area is 205 Å². The number of fused-ring (bicyclic) bond motifs is 2. The van der Waals surface area contributed by atoms with Crippen LogP contribution >= 0.6 is 11.3 Å². The van der Waals surface area contributed by atoms with Crippen molar-refractivity contribution in [1.82, 2.24) is 9.55 Å². The molecular weight excluding hydrogens is 466 g/mol. The number of rotatable bonds is 4. The van der Waals surface area contributed by atoms with Gasteiger partial charge >= 0.3 is 5.97 Å². The van der Waals surface area contributed by atoms with Gasteiger partial charge in [-0.3, -0.25) is 14.2 Å². The van der Waals surface area contributed by atoms with E-state index in [4.69, 9.17) is 9.47 Å². The van der Waals surface area contributed by atoms with E-state index in [0.717, 1.165) is 16.7 Å². The van der Waals surface area contributed by atoms with Crippen molar-refractivity contribution < 1.29 is 19.1 Å². The van der Waals surface area contributed by atoms with Crippen LogP contribution in [-0.4, -0.2) is 41.2 Å². The first-order valence-corrected chi connectivity index (χ1v) is 11.9. The summed E-state index contributed by atoms with van der Waals surface area (Å²) in [6.07, 6.45) is 0.442. The third kappa shape index (κ3) is 4.08. The first kappa shape index (κ1) is 22.8. The van der Waals surface area contributed by atoms with E-state index in [9.17, 15) is 14.4 Å². The molecular formula is C26H23N3O5S. The summed E-state index contributed by atoms with van der Waals surface area (Å²) in [4.78, 5) is 45.5. The predicted molar refractivity (Wildman–Crippen MR) is 134 cm³/mol. The van der Waals surface area contributed by atoms with Gasteiger partial charge in [-0.15, -0.1) is 11.3 Å². The molecule has 5 rings (SSSR count). The number of esters is 1. The lowest BCUT2D eigenvalue weighted by Crippen LogP contribution is -2.49. The minimum atomic E-state index is -0.954. The summed E-state index contributed by atoms with van der Waals surface area (Å²) < 4.78 is 11.8. The number of aromatic nitrogens is 2. The third-order valence-corrected chi connectivity index (χ3v) is 7.11. The molecule has 4 aromatic rings. The number of thiophene rings is 1. The van der Waals surface area contributed by atoms with Crippen molar-refractivity contribution in [3.63, 3.8) is 0 Å². The van der Waals surface area contributed by atoms with Crippen LogP contribution in [0.15, 0.2) is 59.0 Å². The van der Waals surface area contributed by atoms with Crippen molar-refractivity contribution in [2.45, 2.75) is 26.5 Å². The number of benzene rings is 2. The maximum Gasteiger partial charge on any atom is 0.348 e. The van der Waals surface area contributed by atoms with Crippen LogP contribution in [0.1, 0.15) is 11.1 Å². The molecule has 1 amide bonds. The van der Waals surface area contributed by atoms with Gasteiger partial charge < -0.3 is 14.4 Å². The van der Waals surface area contributed by atoms with Crippen LogP contribution in [0, 0.1) is 13.8 Å². The van der Waals surface area contributed by atoms with E-state index in [1.807, 2.05) is 31.4 Å². The van der Waals surface area contributed by atoms with Crippen LogP contribution in [0.3, 0.4) is 0 Å². The SMILES string of the molecule is COC(=O)C1CN(C(=O)Cn2cnc3scc(-c4ccc(C)c(C)c4)c3c2=O)c2ccccc2O1. The monoisotopic (exact) mass is 489 g/mol. The van der Waals surface area contributed by atoms with Gasteiger partial charge in [-0.1, -0.05) is 30.3 Å². The van der Waals surface area contributed by atoms with Crippen molar-refractivity contribution in [2.24, 2.45) is 0 Å². The van der Waals surface area contributed by atoms with Crippen molar-refractivity contribution in [1.29, 1.82) is 0 Å². The molecule has 1 aliphatic heterocycles. The molecule has 0 saturated carbocycles. The van der Waals surface area contributed by atoms with Gasteiger partial charge in [-0.05, 0) is 42.7 Å². The molecule has 0 spiro atoms. The van der Waals surface area contributed by atoms with Gasteiger partial charge in [0.05, 0.1) is 31.1 Å². The quantitative estimate of drug-likeness (QED) is 0.406. The molecule has 1 atom stereocenters. The molecule has 0 fully saturated rings. The second kappa shape index (κ2) is 8.99. The smallest absolute Gasteiger partial charge is 0.348 e. The number of ether oxygens (including phenoxy) is 2. The zero-order chi connectivity index (χ0) is 24.7. The molecule has 8 nitrogen and oxygen atoms in total. The topological polar surface area (TPSA) is 90.7 Å². The maximum atomic E-state index is 13.5. The van der Waals surface area contributed by atoms with E-state index in [0.29, 0.717) is 21.7 Å².